The average molecular weight is 300 g/mol. The summed E-state index contributed by atoms with van der Waals surface area (Å²) in [6.07, 6.45) is 3.44. The quantitative estimate of drug-likeness (QED) is 0.594. The van der Waals surface area contributed by atoms with Gasteiger partial charge in [-0.15, -0.1) is 0 Å². The number of H-pyrrole nitrogens is 1. The minimum absolute atomic E-state index is 0.425. The Labute approximate surface area is 124 Å². The van der Waals surface area contributed by atoms with Crippen molar-refractivity contribution < 1.29 is 0 Å². The number of pyridine rings is 2. The van der Waals surface area contributed by atoms with E-state index < -0.39 is 0 Å². The second-order valence-corrected chi connectivity index (χ2v) is 4.96. The number of aromatic amines is 1. The van der Waals surface area contributed by atoms with Gasteiger partial charge in [-0.2, -0.15) is 10.2 Å². The summed E-state index contributed by atoms with van der Waals surface area (Å²) >= 11 is 6.09. The van der Waals surface area contributed by atoms with Gasteiger partial charge >= 0.3 is 0 Å². The largest absolute Gasteiger partial charge is 0.336 e. The zero-order valence-electron chi connectivity index (χ0n) is 11.0. The lowest BCUT2D eigenvalue weighted by atomic mass is 10.3. The normalized spacial score (nSPS) is 11.3. The fourth-order valence-corrected chi connectivity index (χ4v) is 2.50. The van der Waals surface area contributed by atoms with Gasteiger partial charge in [0, 0.05) is 13.2 Å². The van der Waals surface area contributed by atoms with Crippen molar-refractivity contribution in [1.82, 2.24) is 29.9 Å². The van der Waals surface area contributed by atoms with Crippen molar-refractivity contribution in [3.8, 4) is 0 Å². The van der Waals surface area contributed by atoms with Gasteiger partial charge in [0.25, 0.3) is 0 Å². The highest BCUT2D eigenvalue weighted by molar-refractivity contribution is 6.34. The predicted octanol–water partition coefficient (Wildman–Crippen LogP) is 2.64. The number of hydrogen-bond donors (Lipinski definition) is 2. The summed E-state index contributed by atoms with van der Waals surface area (Å²) in [6.45, 7) is 0. The standard InChI is InChI=1S/C13H10ClN7/c1-21-13-8(11(14)20-21)5-7(6-16-13)17-12-10-9(18-19-12)3-2-4-15-10/h2-6H,1H3,(H2,17,18,19). The van der Waals surface area contributed by atoms with Crippen LogP contribution in [-0.4, -0.2) is 29.9 Å². The Bertz CT molecular complexity index is 956. The molecule has 0 fully saturated rings. The highest BCUT2D eigenvalue weighted by atomic mass is 35.5. The van der Waals surface area contributed by atoms with Crippen LogP contribution in [0.15, 0.2) is 30.6 Å². The number of nitrogens with one attached hydrogen (secondary N) is 2. The van der Waals surface area contributed by atoms with Crippen LogP contribution in [0.3, 0.4) is 0 Å². The SMILES string of the molecule is Cn1nc(Cl)c2cc(Nc3n[nH]c4cccnc34)cnc21. The first-order valence-corrected chi connectivity index (χ1v) is 6.64. The summed E-state index contributed by atoms with van der Waals surface area (Å²) in [7, 11) is 1.81. The molecule has 104 valence electrons. The summed E-state index contributed by atoms with van der Waals surface area (Å²) in [5.41, 5.74) is 3.15. The fourth-order valence-electron chi connectivity index (χ4n) is 2.25. The van der Waals surface area contributed by atoms with Crippen LogP contribution >= 0.6 is 11.6 Å². The zero-order valence-corrected chi connectivity index (χ0v) is 11.8. The second-order valence-electron chi connectivity index (χ2n) is 4.61. The number of aryl methyl sites for hydroxylation is 1. The summed E-state index contributed by atoms with van der Waals surface area (Å²) in [6, 6.07) is 5.66. The number of anilines is 2. The van der Waals surface area contributed by atoms with E-state index in [2.05, 4.69) is 30.6 Å². The van der Waals surface area contributed by atoms with Gasteiger partial charge in [-0.1, -0.05) is 11.6 Å². The number of rotatable bonds is 2. The van der Waals surface area contributed by atoms with Gasteiger partial charge in [-0.25, -0.2) is 9.67 Å². The van der Waals surface area contributed by atoms with Gasteiger partial charge in [-0.05, 0) is 18.2 Å². The Morgan fingerprint density at radius 2 is 2.24 bits per heavy atom. The van der Waals surface area contributed by atoms with Crippen molar-refractivity contribution in [3.63, 3.8) is 0 Å². The topological polar surface area (TPSA) is 84.3 Å². The molecule has 0 radical (unpaired) electrons. The maximum absolute atomic E-state index is 6.09. The van der Waals surface area contributed by atoms with Crippen LogP contribution < -0.4 is 5.32 Å². The van der Waals surface area contributed by atoms with Gasteiger partial charge in [0.05, 0.1) is 22.8 Å². The van der Waals surface area contributed by atoms with E-state index in [1.165, 1.54) is 0 Å². The number of fused-ring (bicyclic) bond motifs is 2. The highest BCUT2D eigenvalue weighted by Gasteiger charge is 2.11. The van der Waals surface area contributed by atoms with Gasteiger partial charge in [-0.3, -0.25) is 10.1 Å². The summed E-state index contributed by atoms with van der Waals surface area (Å²) in [5.74, 6) is 0.645. The molecule has 0 aliphatic carbocycles. The molecule has 4 heterocycles. The van der Waals surface area contributed by atoms with Crippen molar-refractivity contribution in [1.29, 1.82) is 0 Å². The van der Waals surface area contributed by atoms with Crippen LogP contribution in [0.4, 0.5) is 11.5 Å². The minimum Gasteiger partial charge on any atom is -0.336 e. The van der Waals surface area contributed by atoms with E-state index >= 15 is 0 Å². The van der Waals surface area contributed by atoms with Crippen LogP contribution in [0.5, 0.6) is 0 Å². The van der Waals surface area contributed by atoms with E-state index in [9.17, 15) is 0 Å². The molecule has 0 saturated heterocycles. The van der Waals surface area contributed by atoms with Gasteiger partial charge < -0.3 is 5.32 Å². The van der Waals surface area contributed by atoms with Crippen LogP contribution in [-0.2, 0) is 7.05 Å². The van der Waals surface area contributed by atoms with Crippen molar-refractivity contribution >= 4 is 45.2 Å². The molecule has 0 bridgehead atoms. The van der Waals surface area contributed by atoms with Crippen LogP contribution in [0.25, 0.3) is 22.1 Å². The Kier molecular flexibility index (Phi) is 2.55. The average Bonchev–Trinajstić information content (AvgIpc) is 3.02. The van der Waals surface area contributed by atoms with E-state index in [0.717, 1.165) is 27.8 Å². The minimum atomic E-state index is 0.425. The molecule has 4 aromatic rings. The Balaban J connectivity index is 1.78. The van der Waals surface area contributed by atoms with Crippen molar-refractivity contribution in [2.24, 2.45) is 7.05 Å². The van der Waals surface area contributed by atoms with Crippen molar-refractivity contribution in [2.75, 3.05) is 5.32 Å². The summed E-state index contributed by atoms with van der Waals surface area (Å²) in [5, 5.41) is 15.7. The Hall–Kier alpha value is -2.67. The van der Waals surface area contributed by atoms with E-state index in [1.807, 2.05) is 18.2 Å². The molecule has 0 spiro atoms. The first-order chi connectivity index (χ1) is 10.2. The lowest BCUT2D eigenvalue weighted by molar-refractivity contribution is 0.787. The second kappa shape index (κ2) is 4.42. The molecule has 2 N–H and O–H groups in total. The molecule has 0 unspecified atom stereocenters. The summed E-state index contributed by atoms with van der Waals surface area (Å²) < 4.78 is 1.65. The van der Waals surface area contributed by atoms with Crippen LogP contribution in [0.2, 0.25) is 5.15 Å². The first kappa shape index (κ1) is 12.1. The molecule has 0 aliphatic heterocycles. The smallest absolute Gasteiger partial charge is 0.178 e. The molecule has 7 nitrogen and oxygen atoms in total. The number of hydrogen-bond acceptors (Lipinski definition) is 5. The van der Waals surface area contributed by atoms with E-state index in [1.54, 1.807) is 24.1 Å². The molecular weight excluding hydrogens is 290 g/mol. The van der Waals surface area contributed by atoms with Crippen molar-refractivity contribution in [3.05, 3.63) is 35.7 Å². The van der Waals surface area contributed by atoms with E-state index in [-0.39, 0.29) is 0 Å². The first-order valence-electron chi connectivity index (χ1n) is 6.27. The molecular formula is C13H10ClN7. The fraction of sp³-hybridized carbons (Fsp3) is 0.0769. The Morgan fingerprint density at radius 1 is 1.33 bits per heavy atom. The lowest BCUT2D eigenvalue weighted by Gasteiger charge is -2.03. The van der Waals surface area contributed by atoms with Crippen LogP contribution in [0, 0.1) is 0 Å². The number of halogens is 1. The maximum atomic E-state index is 6.09. The predicted molar refractivity (Wildman–Crippen MR) is 80.7 cm³/mol. The molecule has 0 aromatic carbocycles. The molecule has 4 aromatic heterocycles. The van der Waals surface area contributed by atoms with Gasteiger partial charge in [0.2, 0.25) is 0 Å². The molecule has 0 saturated carbocycles. The molecule has 0 aliphatic rings. The van der Waals surface area contributed by atoms with Crippen molar-refractivity contribution in [2.45, 2.75) is 0 Å². The number of nitrogens with zero attached hydrogens (tertiary/aromatic N) is 5. The summed E-state index contributed by atoms with van der Waals surface area (Å²) in [4.78, 5) is 8.66. The Morgan fingerprint density at radius 3 is 3.14 bits per heavy atom. The molecule has 0 amide bonds. The molecule has 4 rings (SSSR count). The van der Waals surface area contributed by atoms with E-state index in [0.29, 0.717) is 11.0 Å². The van der Waals surface area contributed by atoms with Gasteiger partial charge in [0.15, 0.2) is 16.6 Å². The van der Waals surface area contributed by atoms with Gasteiger partial charge in [0.1, 0.15) is 5.52 Å². The lowest BCUT2D eigenvalue weighted by Crippen LogP contribution is -1.95. The number of aromatic nitrogens is 6. The van der Waals surface area contributed by atoms with E-state index in [4.69, 9.17) is 11.6 Å². The monoisotopic (exact) mass is 299 g/mol. The molecule has 21 heavy (non-hydrogen) atoms. The third-order valence-corrected chi connectivity index (χ3v) is 3.50. The van der Waals surface area contributed by atoms with Crippen LogP contribution in [0.1, 0.15) is 0 Å². The third kappa shape index (κ3) is 1.90. The third-order valence-electron chi connectivity index (χ3n) is 3.22. The zero-order chi connectivity index (χ0) is 14.4. The highest BCUT2D eigenvalue weighted by Crippen LogP contribution is 2.26. The maximum Gasteiger partial charge on any atom is 0.178 e. The molecule has 0 atom stereocenters. The molecule has 8 heteroatoms.